The van der Waals surface area contributed by atoms with Crippen LogP contribution >= 0.6 is 11.6 Å². The molecule has 1 aliphatic rings. The molecule has 2 atom stereocenters. The highest BCUT2D eigenvalue weighted by molar-refractivity contribution is 6.36. The number of hydrogen-bond acceptors (Lipinski definition) is 4. The molecule has 1 aliphatic heterocycles. The van der Waals surface area contributed by atoms with Crippen molar-refractivity contribution in [2.45, 2.75) is 33.2 Å². The van der Waals surface area contributed by atoms with Gasteiger partial charge >= 0.3 is 0 Å². The zero-order valence-electron chi connectivity index (χ0n) is 15.8. The molecule has 3 heterocycles. The van der Waals surface area contributed by atoms with Crippen molar-refractivity contribution in [2.75, 3.05) is 13.1 Å². The van der Waals surface area contributed by atoms with Crippen molar-refractivity contribution in [2.24, 2.45) is 11.3 Å². The standard InChI is InChI=1S/C19H24ClN5O2/c1-5-14(26)22-13-11-24(10-12(13)9-19(2,3)4)18(27)16-15(20)17-21-7-6-8-25(17)23-16/h5-8,12-13H,1,9-11H2,2-4H3,(H,22,26)/t12-,13-/m1/s1. The number of nitrogens with zero attached hydrogens (tertiary/aromatic N) is 4. The Kier molecular flexibility index (Phi) is 5.24. The van der Waals surface area contributed by atoms with Gasteiger partial charge in [-0.15, -0.1) is 0 Å². The van der Waals surface area contributed by atoms with Crippen molar-refractivity contribution in [3.05, 3.63) is 41.8 Å². The SMILES string of the molecule is C=CC(=O)N[C@@H]1CN(C(=O)c2nn3cccnc3c2Cl)C[C@H]1CC(C)(C)C. The van der Waals surface area contributed by atoms with Crippen LogP contribution in [-0.2, 0) is 4.79 Å². The zero-order valence-corrected chi connectivity index (χ0v) is 16.5. The van der Waals surface area contributed by atoms with Crippen LogP contribution in [-0.4, -0.2) is 50.4 Å². The van der Waals surface area contributed by atoms with Crippen LogP contribution in [0, 0.1) is 11.3 Å². The van der Waals surface area contributed by atoms with Gasteiger partial charge in [0.05, 0.1) is 6.04 Å². The van der Waals surface area contributed by atoms with Gasteiger partial charge in [-0.2, -0.15) is 5.10 Å². The Balaban J connectivity index is 1.84. The molecule has 0 saturated carbocycles. The third-order valence-corrected chi connectivity index (χ3v) is 5.01. The van der Waals surface area contributed by atoms with Crippen LogP contribution in [0.4, 0.5) is 0 Å². The minimum atomic E-state index is -0.250. The molecule has 0 bridgehead atoms. The van der Waals surface area contributed by atoms with Crippen LogP contribution in [0.25, 0.3) is 5.65 Å². The van der Waals surface area contributed by atoms with E-state index in [1.54, 1.807) is 23.4 Å². The van der Waals surface area contributed by atoms with E-state index in [0.29, 0.717) is 18.7 Å². The summed E-state index contributed by atoms with van der Waals surface area (Å²) in [5, 5.41) is 7.49. The Bertz CT molecular complexity index is 886. The molecule has 1 saturated heterocycles. The maximum Gasteiger partial charge on any atom is 0.276 e. The molecule has 0 spiro atoms. The number of aromatic nitrogens is 3. The number of halogens is 1. The largest absolute Gasteiger partial charge is 0.348 e. The normalized spacial score (nSPS) is 20.1. The maximum atomic E-state index is 13.1. The molecular formula is C19H24ClN5O2. The van der Waals surface area contributed by atoms with Crippen molar-refractivity contribution in [3.63, 3.8) is 0 Å². The number of carbonyl (C=O) groups is 2. The molecule has 144 valence electrons. The monoisotopic (exact) mass is 389 g/mol. The first-order chi connectivity index (χ1) is 12.7. The van der Waals surface area contributed by atoms with E-state index in [-0.39, 0.29) is 39.9 Å². The molecule has 0 radical (unpaired) electrons. The van der Waals surface area contributed by atoms with Crippen LogP contribution < -0.4 is 5.32 Å². The summed E-state index contributed by atoms with van der Waals surface area (Å²) in [6, 6.07) is 1.59. The van der Waals surface area contributed by atoms with Gasteiger partial charge in [-0.25, -0.2) is 9.50 Å². The summed E-state index contributed by atoms with van der Waals surface area (Å²) in [6.07, 6.45) is 5.43. The van der Waals surface area contributed by atoms with E-state index in [4.69, 9.17) is 11.6 Å². The van der Waals surface area contributed by atoms with E-state index in [1.807, 2.05) is 0 Å². The molecule has 3 rings (SSSR count). The summed E-state index contributed by atoms with van der Waals surface area (Å²) in [6.45, 7) is 10.9. The number of nitrogens with one attached hydrogen (secondary N) is 1. The number of rotatable bonds is 4. The summed E-state index contributed by atoms with van der Waals surface area (Å²) >= 11 is 6.34. The maximum absolute atomic E-state index is 13.1. The van der Waals surface area contributed by atoms with Crippen LogP contribution in [0.5, 0.6) is 0 Å². The van der Waals surface area contributed by atoms with Gasteiger partial charge in [-0.05, 0) is 29.9 Å². The third kappa shape index (κ3) is 4.13. The molecule has 8 heteroatoms. The fourth-order valence-corrected chi connectivity index (χ4v) is 3.84. The Hall–Kier alpha value is -2.41. The molecule has 27 heavy (non-hydrogen) atoms. The third-order valence-electron chi connectivity index (χ3n) is 4.66. The highest BCUT2D eigenvalue weighted by Crippen LogP contribution is 2.32. The first kappa shape index (κ1) is 19.4. The Morgan fingerprint density at radius 1 is 1.41 bits per heavy atom. The quantitative estimate of drug-likeness (QED) is 0.815. The van der Waals surface area contributed by atoms with Gasteiger partial charge in [0.1, 0.15) is 5.02 Å². The van der Waals surface area contributed by atoms with Crippen molar-refractivity contribution < 1.29 is 9.59 Å². The average molecular weight is 390 g/mol. The first-order valence-electron chi connectivity index (χ1n) is 8.90. The molecule has 1 fully saturated rings. The second-order valence-corrected chi connectivity index (χ2v) is 8.48. The van der Waals surface area contributed by atoms with Gasteiger partial charge in [0, 0.05) is 25.5 Å². The van der Waals surface area contributed by atoms with Gasteiger partial charge < -0.3 is 10.2 Å². The molecule has 1 N–H and O–H groups in total. The number of hydrogen-bond donors (Lipinski definition) is 1. The molecule has 2 amide bonds. The van der Waals surface area contributed by atoms with Crippen LogP contribution in [0.15, 0.2) is 31.1 Å². The smallest absolute Gasteiger partial charge is 0.276 e. The summed E-state index contributed by atoms with van der Waals surface area (Å²) in [4.78, 5) is 30.7. The fourth-order valence-electron chi connectivity index (χ4n) is 3.58. The lowest BCUT2D eigenvalue weighted by molar-refractivity contribution is -0.117. The Morgan fingerprint density at radius 3 is 2.78 bits per heavy atom. The summed E-state index contributed by atoms with van der Waals surface area (Å²) in [5.74, 6) is -0.338. The van der Waals surface area contributed by atoms with Crippen LogP contribution in [0.2, 0.25) is 5.02 Å². The van der Waals surface area contributed by atoms with Gasteiger partial charge in [0.15, 0.2) is 11.3 Å². The predicted molar refractivity (Wildman–Crippen MR) is 104 cm³/mol. The lowest BCUT2D eigenvalue weighted by Gasteiger charge is -2.26. The molecule has 0 aliphatic carbocycles. The van der Waals surface area contributed by atoms with Gasteiger partial charge in [-0.1, -0.05) is 39.0 Å². The van der Waals surface area contributed by atoms with Crippen molar-refractivity contribution in [1.82, 2.24) is 24.8 Å². The van der Waals surface area contributed by atoms with E-state index < -0.39 is 0 Å². The lowest BCUT2D eigenvalue weighted by atomic mass is 9.82. The van der Waals surface area contributed by atoms with E-state index in [0.717, 1.165) is 6.42 Å². The summed E-state index contributed by atoms with van der Waals surface area (Å²) in [7, 11) is 0. The van der Waals surface area contributed by atoms with Crippen LogP contribution in [0.3, 0.4) is 0 Å². The lowest BCUT2D eigenvalue weighted by Crippen LogP contribution is -2.41. The number of likely N-dealkylation sites (tertiary alicyclic amines) is 1. The second-order valence-electron chi connectivity index (χ2n) is 8.10. The fraction of sp³-hybridized carbons (Fsp3) is 0.474. The van der Waals surface area contributed by atoms with Crippen molar-refractivity contribution >= 4 is 29.1 Å². The molecule has 0 aromatic carbocycles. The van der Waals surface area contributed by atoms with Gasteiger partial charge in [0.2, 0.25) is 5.91 Å². The molecule has 0 unspecified atom stereocenters. The number of carbonyl (C=O) groups excluding carboxylic acids is 2. The zero-order chi connectivity index (χ0) is 19.8. The average Bonchev–Trinajstić information content (AvgIpc) is 3.14. The van der Waals surface area contributed by atoms with Crippen LogP contribution in [0.1, 0.15) is 37.7 Å². The highest BCUT2D eigenvalue weighted by atomic mass is 35.5. The van der Waals surface area contributed by atoms with Gasteiger partial charge in [0.25, 0.3) is 5.91 Å². The predicted octanol–water partition coefficient (Wildman–Crippen LogP) is 2.56. The van der Waals surface area contributed by atoms with E-state index >= 15 is 0 Å². The summed E-state index contributed by atoms with van der Waals surface area (Å²) in [5.41, 5.74) is 0.705. The first-order valence-corrected chi connectivity index (χ1v) is 9.28. The number of amides is 2. The molecule has 7 nitrogen and oxygen atoms in total. The Labute approximate surface area is 163 Å². The van der Waals surface area contributed by atoms with Crippen molar-refractivity contribution in [1.29, 1.82) is 0 Å². The minimum Gasteiger partial charge on any atom is -0.348 e. The van der Waals surface area contributed by atoms with E-state index in [9.17, 15) is 9.59 Å². The van der Waals surface area contributed by atoms with Crippen molar-refractivity contribution in [3.8, 4) is 0 Å². The topological polar surface area (TPSA) is 79.6 Å². The van der Waals surface area contributed by atoms with Gasteiger partial charge in [-0.3, -0.25) is 9.59 Å². The minimum absolute atomic E-state index is 0.0749. The molecular weight excluding hydrogens is 366 g/mol. The van der Waals surface area contributed by atoms with E-state index in [1.165, 1.54) is 10.6 Å². The Morgan fingerprint density at radius 2 is 2.15 bits per heavy atom. The highest BCUT2D eigenvalue weighted by Gasteiger charge is 2.39. The molecule has 2 aromatic heterocycles. The second kappa shape index (κ2) is 7.31. The molecule has 2 aromatic rings. The summed E-state index contributed by atoms with van der Waals surface area (Å²) < 4.78 is 1.50. The number of fused-ring (bicyclic) bond motifs is 1. The van der Waals surface area contributed by atoms with E-state index in [2.05, 4.69) is 42.7 Å².